The van der Waals surface area contributed by atoms with E-state index in [-0.39, 0.29) is 0 Å². The molecule has 0 bridgehead atoms. The van der Waals surface area contributed by atoms with E-state index in [1.54, 1.807) is 0 Å². The average Bonchev–Trinajstić information content (AvgIpc) is 3.29. The summed E-state index contributed by atoms with van der Waals surface area (Å²) in [5.41, 5.74) is 2.33. The summed E-state index contributed by atoms with van der Waals surface area (Å²) in [5.74, 6) is 1.48. The van der Waals surface area contributed by atoms with Crippen LogP contribution in [0.3, 0.4) is 0 Å². The second kappa shape index (κ2) is 6.57. The van der Waals surface area contributed by atoms with Crippen LogP contribution in [0.5, 0.6) is 0 Å². The SMILES string of the molecule is Cc1ccc(-c2nc(=S)n(CN(C3CC3)C(C)C(C)C)[nH]2)cc1. The molecule has 1 fully saturated rings. The van der Waals surface area contributed by atoms with Gasteiger partial charge >= 0.3 is 0 Å². The maximum Gasteiger partial charge on any atom is 0.217 e. The first-order valence-electron chi connectivity index (χ1n) is 8.45. The van der Waals surface area contributed by atoms with Crippen molar-refractivity contribution in [2.75, 3.05) is 0 Å². The first-order valence-corrected chi connectivity index (χ1v) is 8.86. The highest BCUT2D eigenvalue weighted by Gasteiger charge is 2.33. The molecule has 1 unspecified atom stereocenters. The minimum atomic E-state index is 0.538. The highest BCUT2D eigenvalue weighted by atomic mass is 32.1. The molecule has 0 spiro atoms. The van der Waals surface area contributed by atoms with Gasteiger partial charge in [0.25, 0.3) is 0 Å². The number of aryl methyl sites for hydroxylation is 1. The van der Waals surface area contributed by atoms with Crippen molar-refractivity contribution in [1.29, 1.82) is 0 Å². The molecule has 2 aromatic rings. The van der Waals surface area contributed by atoms with Crippen molar-refractivity contribution in [2.24, 2.45) is 5.92 Å². The molecular weight excluding hydrogens is 304 g/mol. The quantitative estimate of drug-likeness (QED) is 0.799. The minimum absolute atomic E-state index is 0.538. The molecule has 4 nitrogen and oxygen atoms in total. The molecule has 23 heavy (non-hydrogen) atoms. The Morgan fingerprint density at radius 2 is 1.91 bits per heavy atom. The van der Waals surface area contributed by atoms with E-state index in [2.05, 4.69) is 66.9 Å². The van der Waals surface area contributed by atoms with E-state index in [1.165, 1.54) is 18.4 Å². The Morgan fingerprint density at radius 3 is 2.48 bits per heavy atom. The molecule has 0 radical (unpaired) electrons. The van der Waals surface area contributed by atoms with E-state index in [9.17, 15) is 0 Å². The number of benzene rings is 1. The summed E-state index contributed by atoms with van der Waals surface area (Å²) in [7, 11) is 0. The van der Waals surface area contributed by atoms with Crippen LogP contribution >= 0.6 is 12.2 Å². The summed E-state index contributed by atoms with van der Waals surface area (Å²) in [4.78, 5) is 7.10. The predicted molar refractivity (Wildman–Crippen MR) is 96.7 cm³/mol. The molecule has 1 aliphatic carbocycles. The van der Waals surface area contributed by atoms with Gasteiger partial charge < -0.3 is 0 Å². The van der Waals surface area contributed by atoms with Crippen LogP contribution in [-0.2, 0) is 6.67 Å². The average molecular weight is 331 g/mol. The Bertz CT molecular complexity index is 709. The van der Waals surface area contributed by atoms with Gasteiger partial charge in [-0.05, 0) is 44.8 Å². The van der Waals surface area contributed by atoms with Crippen LogP contribution in [0.15, 0.2) is 24.3 Å². The Kier molecular flexibility index (Phi) is 4.69. The Hall–Kier alpha value is -1.46. The number of hydrogen-bond acceptors (Lipinski definition) is 3. The Morgan fingerprint density at radius 1 is 1.26 bits per heavy atom. The molecule has 124 valence electrons. The zero-order chi connectivity index (χ0) is 16.6. The largest absolute Gasteiger partial charge is 0.278 e. The molecule has 1 atom stereocenters. The lowest BCUT2D eigenvalue weighted by atomic mass is 10.1. The molecule has 0 amide bonds. The van der Waals surface area contributed by atoms with Gasteiger partial charge in [0.2, 0.25) is 4.77 Å². The number of aromatic nitrogens is 3. The summed E-state index contributed by atoms with van der Waals surface area (Å²) in [6, 6.07) is 9.60. The smallest absolute Gasteiger partial charge is 0.217 e. The van der Waals surface area contributed by atoms with Gasteiger partial charge in [-0.25, -0.2) is 4.68 Å². The van der Waals surface area contributed by atoms with Crippen molar-refractivity contribution in [3.8, 4) is 11.4 Å². The summed E-state index contributed by atoms with van der Waals surface area (Å²) in [6.45, 7) is 9.75. The molecular formula is C18H26N4S. The standard InChI is InChI=1S/C18H26N4S/c1-12(2)14(4)21(16-9-10-16)11-22-18(23)19-17(20-22)15-7-5-13(3)6-8-15/h5-8,12,14,16H,9-11H2,1-4H3,(H,19,20,23). The van der Waals surface area contributed by atoms with E-state index in [4.69, 9.17) is 12.2 Å². The van der Waals surface area contributed by atoms with E-state index in [0.29, 0.717) is 22.8 Å². The van der Waals surface area contributed by atoms with Crippen LogP contribution in [0.25, 0.3) is 11.4 Å². The van der Waals surface area contributed by atoms with Gasteiger partial charge in [-0.15, -0.1) is 0 Å². The van der Waals surface area contributed by atoms with Crippen molar-refractivity contribution in [3.63, 3.8) is 0 Å². The number of aromatic amines is 1. The van der Waals surface area contributed by atoms with Gasteiger partial charge in [-0.2, -0.15) is 4.98 Å². The molecule has 1 N–H and O–H groups in total. The second-order valence-electron chi connectivity index (χ2n) is 7.02. The van der Waals surface area contributed by atoms with E-state index >= 15 is 0 Å². The molecule has 0 aliphatic heterocycles. The summed E-state index contributed by atoms with van der Waals surface area (Å²) in [5, 5.41) is 3.38. The maximum atomic E-state index is 5.47. The van der Waals surface area contributed by atoms with Crippen molar-refractivity contribution in [2.45, 2.75) is 59.3 Å². The summed E-state index contributed by atoms with van der Waals surface area (Å²) >= 11 is 5.47. The lowest BCUT2D eigenvalue weighted by Crippen LogP contribution is -2.40. The van der Waals surface area contributed by atoms with E-state index in [1.807, 2.05) is 4.68 Å². The van der Waals surface area contributed by atoms with Gasteiger partial charge in [-0.3, -0.25) is 10.00 Å². The zero-order valence-corrected chi connectivity index (χ0v) is 15.2. The molecule has 1 aromatic heterocycles. The van der Waals surface area contributed by atoms with Crippen molar-refractivity contribution >= 4 is 12.2 Å². The molecule has 1 aliphatic rings. The monoisotopic (exact) mass is 330 g/mol. The first-order chi connectivity index (χ1) is 11.0. The number of nitrogens with zero attached hydrogens (tertiary/aromatic N) is 3. The second-order valence-corrected chi connectivity index (χ2v) is 7.39. The lowest BCUT2D eigenvalue weighted by Gasteiger charge is -2.31. The highest BCUT2D eigenvalue weighted by Crippen LogP contribution is 2.31. The normalized spacial score (nSPS) is 16.3. The summed E-state index contributed by atoms with van der Waals surface area (Å²) < 4.78 is 2.63. The molecule has 5 heteroatoms. The van der Waals surface area contributed by atoms with Crippen LogP contribution in [0.1, 0.15) is 39.2 Å². The third kappa shape index (κ3) is 3.72. The minimum Gasteiger partial charge on any atom is -0.278 e. The van der Waals surface area contributed by atoms with Gasteiger partial charge in [0, 0.05) is 17.6 Å². The topological polar surface area (TPSA) is 36.9 Å². The fourth-order valence-corrected chi connectivity index (χ4v) is 3.02. The number of nitrogens with one attached hydrogen (secondary N) is 1. The highest BCUT2D eigenvalue weighted by molar-refractivity contribution is 7.71. The third-order valence-electron chi connectivity index (χ3n) is 4.81. The number of rotatable bonds is 6. The fraction of sp³-hybridized carbons (Fsp3) is 0.556. The van der Waals surface area contributed by atoms with Gasteiger partial charge in [0.15, 0.2) is 5.82 Å². The molecule has 1 saturated carbocycles. The van der Waals surface area contributed by atoms with E-state index < -0.39 is 0 Å². The maximum absolute atomic E-state index is 5.47. The predicted octanol–water partition coefficient (Wildman–Crippen LogP) is 4.38. The summed E-state index contributed by atoms with van der Waals surface area (Å²) in [6.07, 6.45) is 2.59. The van der Waals surface area contributed by atoms with Crippen LogP contribution < -0.4 is 0 Å². The van der Waals surface area contributed by atoms with Gasteiger partial charge in [-0.1, -0.05) is 43.7 Å². The zero-order valence-electron chi connectivity index (χ0n) is 14.4. The third-order valence-corrected chi connectivity index (χ3v) is 5.12. The molecule has 3 rings (SSSR count). The van der Waals surface area contributed by atoms with Gasteiger partial charge in [0.1, 0.15) is 0 Å². The lowest BCUT2D eigenvalue weighted by molar-refractivity contribution is 0.112. The van der Waals surface area contributed by atoms with Crippen molar-refractivity contribution in [1.82, 2.24) is 19.7 Å². The van der Waals surface area contributed by atoms with Crippen LogP contribution in [0.2, 0.25) is 0 Å². The van der Waals surface area contributed by atoms with Crippen molar-refractivity contribution < 1.29 is 0 Å². The number of H-pyrrole nitrogens is 1. The first kappa shape index (κ1) is 16.4. The Balaban J connectivity index is 1.83. The fourth-order valence-electron chi connectivity index (χ4n) is 2.82. The Labute approximate surface area is 143 Å². The molecule has 0 saturated heterocycles. The molecule has 1 aromatic carbocycles. The number of hydrogen-bond donors (Lipinski definition) is 1. The van der Waals surface area contributed by atoms with E-state index in [0.717, 1.165) is 18.1 Å². The van der Waals surface area contributed by atoms with Crippen LogP contribution in [-0.4, -0.2) is 31.7 Å². The molecule has 1 heterocycles. The van der Waals surface area contributed by atoms with Gasteiger partial charge in [0.05, 0.1) is 6.67 Å². The van der Waals surface area contributed by atoms with Crippen molar-refractivity contribution in [3.05, 3.63) is 34.6 Å². The van der Waals surface area contributed by atoms with Crippen LogP contribution in [0.4, 0.5) is 0 Å². The van der Waals surface area contributed by atoms with Crippen LogP contribution in [0, 0.1) is 17.6 Å².